The predicted octanol–water partition coefficient (Wildman–Crippen LogP) is 4.73. The number of carbonyl (C=O) groups is 3. The van der Waals surface area contributed by atoms with E-state index in [0.29, 0.717) is 18.5 Å². The van der Waals surface area contributed by atoms with Gasteiger partial charge in [-0.25, -0.2) is 8.78 Å². The van der Waals surface area contributed by atoms with E-state index in [1.165, 1.54) is 15.9 Å². The SMILES string of the molecule is CCCN(C(=O)c1cc2c(F)cc(F)cc2[nH]1)C(CC(C)C)C(=O)N1C[C@]2(C[C@H]1C#N)C(=O)Nc1ccccc12. The number of amides is 3. The van der Waals surface area contributed by atoms with Gasteiger partial charge in [-0.2, -0.15) is 5.26 Å². The first-order valence-electron chi connectivity index (χ1n) is 13.5. The summed E-state index contributed by atoms with van der Waals surface area (Å²) in [5, 5.41) is 13.0. The number of halogens is 2. The van der Waals surface area contributed by atoms with Gasteiger partial charge in [0.05, 0.1) is 17.0 Å². The second kappa shape index (κ2) is 10.4. The zero-order valence-electron chi connectivity index (χ0n) is 22.6. The number of fused-ring (bicyclic) bond motifs is 3. The van der Waals surface area contributed by atoms with Gasteiger partial charge < -0.3 is 20.1 Å². The average Bonchev–Trinajstić information content (AvgIpc) is 3.60. The number of H-pyrrole nitrogens is 1. The molecule has 40 heavy (non-hydrogen) atoms. The van der Waals surface area contributed by atoms with Crippen LogP contribution in [0.1, 0.15) is 56.1 Å². The summed E-state index contributed by atoms with van der Waals surface area (Å²) in [4.78, 5) is 47.0. The fourth-order valence-electron chi connectivity index (χ4n) is 6.06. The summed E-state index contributed by atoms with van der Waals surface area (Å²) in [7, 11) is 0. The number of benzene rings is 2. The van der Waals surface area contributed by atoms with Gasteiger partial charge in [-0.05, 0) is 42.5 Å². The summed E-state index contributed by atoms with van der Waals surface area (Å²) in [5.74, 6) is -2.74. The Hall–Kier alpha value is -4.26. The summed E-state index contributed by atoms with van der Waals surface area (Å²) in [6.07, 6.45) is 1.01. The lowest BCUT2D eigenvalue weighted by molar-refractivity contribution is -0.137. The molecule has 3 aromatic rings. The van der Waals surface area contributed by atoms with E-state index < -0.39 is 40.9 Å². The largest absolute Gasteiger partial charge is 0.350 e. The van der Waals surface area contributed by atoms with E-state index >= 15 is 0 Å². The van der Waals surface area contributed by atoms with Crippen molar-refractivity contribution in [1.82, 2.24) is 14.8 Å². The van der Waals surface area contributed by atoms with Crippen LogP contribution in [-0.4, -0.2) is 57.7 Å². The van der Waals surface area contributed by atoms with Gasteiger partial charge in [0.25, 0.3) is 5.91 Å². The molecule has 2 aliphatic rings. The molecule has 1 fully saturated rings. The number of rotatable bonds is 7. The van der Waals surface area contributed by atoms with E-state index in [4.69, 9.17) is 0 Å². The number of nitrogens with one attached hydrogen (secondary N) is 2. The highest BCUT2D eigenvalue weighted by Crippen LogP contribution is 2.46. The normalized spacial score (nSPS) is 20.6. The minimum Gasteiger partial charge on any atom is -0.350 e. The summed E-state index contributed by atoms with van der Waals surface area (Å²) in [5.41, 5.74) is 0.550. The molecule has 3 atom stereocenters. The Morgan fingerprint density at radius 2 is 1.98 bits per heavy atom. The molecule has 2 N–H and O–H groups in total. The molecule has 1 saturated heterocycles. The molecule has 3 heterocycles. The van der Waals surface area contributed by atoms with Crippen LogP contribution in [0.4, 0.5) is 14.5 Å². The minimum atomic E-state index is -1.05. The lowest BCUT2D eigenvalue weighted by atomic mass is 9.80. The molecule has 5 rings (SSSR count). The molecular weight excluding hydrogens is 516 g/mol. The minimum absolute atomic E-state index is 0.0166. The molecule has 0 saturated carbocycles. The number of likely N-dealkylation sites (tertiary alicyclic amines) is 1. The molecule has 2 aromatic carbocycles. The monoisotopic (exact) mass is 547 g/mol. The van der Waals surface area contributed by atoms with Gasteiger partial charge in [0.15, 0.2) is 0 Å². The molecule has 0 radical (unpaired) electrons. The van der Waals surface area contributed by atoms with E-state index in [2.05, 4.69) is 16.4 Å². The van der Waals surface area contributed by atoms with E-state index in [1.54, 1.807) is 6.07 Å². The number of carbonyl (C=O) groups excluding carboxylic acids is 3. The van der Waals surface area contributed by atoms with Crippen LogP contribution >= 0.6 is 0 Å². The van der Waals surface area contributed by atoms with Crippen LogP contribution in [0.5, 0.6) is 0 Å². The molecule has 1 unspecified atom stereocenters. The quantitative estimate of drug-likeness (QED) is 0.446. The Kier molecular flexibility index (Phi) is 7.08. The fourth-order valence-corrected chi connectivity index (χ4v) is 6.06. The molecule has 10 heteroatoms. The van der Waals surface area contributed by atoms with Gasteiger partial charge in [0, 0.05) is 36.7 Å². The van der Waals surface area contributed by atoms with Crippen molar-refractivity contribution < 1.29 is 23.2 Å². The van der Waals surface area contributed by atoms with Crippen LogP contribution in [0, 0.1) is 28.9 Å². The van der Waals surface area contributed by atoms with Crippen molar-refractivity contribution in [3.8, 4) is 6.07 Å². The van der Waals surface area contributed by atoms with Crippen molar-refractivity contribution in [2.45, 2.75) is 57.5 Å². The average molecular weight is 548 g/mol. The van der Waals surface area contributed by atoms with Crippen molar-refractivity contribution in [3.63, 3.8) is 0 Å². The molecular formula is C30H31F2N5O3. The molecule has 0 bridgehead atoms. The third kappa shape index (κ3) is 4.49. The van der Waals surface area contributed by atoms with E-state index in [-0.39, 0.29) is 47.9 Å². The Morgan fingerprint density at radius 1 is 1.23 bits per heavy atom. The Morgan fingerprint density at radius 3 is 2.67 bits per heavy atom. The number of para-hydroxylation sites is 1. The zero-order valence-corrected chi connectivity index (χ0v) is 22.6. The van der Waals surface area contributed by atoms with Crippen LogP contribution in [0.3, 0.4) is 0 Å². The first-order valence-corrected chi connectivity index (χ1v) is 13.5. The third-order valence-electron chi connectivity index (χ3n) is 7.88. The highest BCUT2D eigenvalue weighted by Gasteiger charge is 2.56. The summed E-state index contributed by atoms with van der Waals surface area (Å²) in [6, 6.07) is 10.9. The molecule has 2 aliphatic heterocycles. The van der Waals surface area contributed by atoms with Crippen molar-refractivity contribution in [2.24, 2.45) is 5.92 Å². The topological polar surface area (TPSA) is 109 Å². The molecule has 3 amide bonds. The van der Waals surface area contributed by atoms with Crippen LogP contribution in [0.15, 0.2) is 42.5 Å². The fraction of sp³-hybridized carbons (Fsp3) is 0.400. The number of aromatic amines is 1. The van der Waals surface area contributed by atoms with Crippen LogP contribution < -0.4 is 5.32 Å². The Labute approximate surface area is 230 Å². The van der Waals surface area contributed by atoms with Crippen LogP contribution in [0.25, 0.3) is 10.9 Å². The van der Waals surface area contributed by atoms with Crippen LogP contribution in [0.2, 0.25) is 0 Å². The first-order chi connectivity index (χ1) is 19.1. The van der Waals surface area contributed by atoms with Gasteiger partial charge >= 0.3 is 0 Å². The molecule has 1 spiro atoms. The summed E-state index contributed by atoms with van der Waals surface area (Å²) < 4.78 is 28.2. The number of nitriles is 1. The van der Waals surface area contributed by atoms with Crippen molar-refractivity contribution >= 4 is 34.3 Å². The second-order valence-electron chi connectivity index (χ2n) is 11.1. The molecule has 208 valence electrons. The molecule has 0 aliphatic carbocycles. The van der Waals surface area contributed by atoms with Crippen LogP contribution in [-0.2, 0) is 15.0 Å². The van der Waals surface area contributed by atoms with Gasteiger partial charge in [0.2, 0.25) is 11.8 Å². The Bertz CT molecular complexity index is 1540. The standard InChI is InChI=1S/C30H31F2N5O3/c1-4-9-36(27(38)25-13-20-22(32)11-18(31)12-24(20)34-25)26(10-17(2)3)28(39)37-16-30(14-19(37)15-33)21-7-5-6-8-23(21)35-29(30)40/h5-8,11-13,17,19,26,34H,4,9-10,14,16H2,1-3H3,(H,35,40)/t19-,26?,30-/m0/s1. The number of nitrogens with zero attached hydrogens (tertiary/aromatic N) is 3. The maximum absolute atomic E-state index is 14.4. The van der Waals surface area contributed by atoms with E-state index in [0.717, 1.165) is 17.7 Å². The zero-order chi connectivity index (χ0) is 28.8. The van der Waals surface area contributed by atoms with Gasteiger partial charge in [-0.3, -0.25) is 14.4 Å². The summed E-state index contributed by atoms with van der Waals surface area (Å²) in [6.45, 7) is 5.99. The molecule has 1 aromatic heterocycles. The number of aromatic nitrogens is 1. The second-order valence-corrected chi connectivity index (χ2v) is 11.1. The number of anilines is 1. The lowest BCUT2D eigenvalue weighted by Crippen LogP contribution is -2.53. The van der Waals surface area contributed by atoms with Crippen molar-refractivity contribution in [3.05, 3.63) is 65.4 Å². The Balaban J connectivity index is 1.51. The highest BCUT2D eigenvalue weighted by molar-refractivity contribution is 6.07. The lowest BCUT2D eigenvalue weighted by Gasteiger charge is -2.35. The van der Waals surface area contributed by atoms with Gasteiger partial charge in [-0.1, -0.05) is 39.0 Å². The summed E-state index contributed by atoms with van der Waals surface area (Å²) >= 11 is 0. The number of hydrogen-bond donors (Lipinski definition) is 2. The highest BCUT2D eigenvalue weighted by atomic mass is 19.1. The third-order valence-corrected chi connectivity index (χ3v) is 7.88. The van der Waals surface area contributed by atoms with Gasteiger partial charge in [0.1, 0.15) is 29.4 Å². The van der Waals surface area contributed by atoms with E-state index in [1.807, 2.05) is 39.0 Å². The van der Waals surface area contributed by atoms with Crippen molar-refractivity contribution in [2.75, 3.05) is 18.4 Å². The molecule has 8 nitrogen and oxygen atoms in total. The van der Waals surface area contributed by atoms with Crippen molar-refractivity contribution in [1.29, 1.82) is 5.26 Å². The maximum atomic E-state index is 14.4. The maximum Gasteiger partial charge on any atom is 0.270 e. The predicted molar refractivity (Wildman–Crippen MR) is 145 cm³/mol. The first kappa shape index (κ1) is 27.3. The smallest absolute Gasteiger partial charge is 0.270 e. The number of hydrogen-bond acceptors (Lipinski definition) is 4. The van der Waals surface area contributed by atoms with Gasteiger partial charge in [-0.15, -0.1) is 0 Å². The van der Waals surface area contributed by atoms with E-state index in [9.17, 15) is 28.4 Å².